The van der Waals surface area contributed by atoms with Crippen molar-refractivity contribution in [3.63, 3.8) is 0 Å². The van der Waals surface area contributed by atoms with Gasteiger partial charge in [0.1, 0.15) is 5.82 Å². The van der Waals surface area contributed by atoms with E-state index in [0.29, 0.717) is 6.42 Å². The van der Waals surface area contributed by atoms with Crippen LogP contribution in [0.4, 0.5) is 10.1 Å². The number of rotatable bonds is 4. The van der Waals surface area contributed by atoms with Gasteiger partial charge in [-0.2, -0.15) is 0 Å². The lowest BCUT2D eigenvalue weighted by molar-refractivity contribution is 0.599. The van der Waals surface area contributed by atoms with Gasteiger partial charge in [-0.05, 0) is 24.6 Å². The average molecular weight is 217 g/mol. The highest BCUT2D eigenvalue weighted by atomic mass is 32.2. The smallest absolute Gasteiger partial charge is 0.232 e. The molecule has 0 spiro atoms. The summed E-state index contributed by atoms with van der Waals surface area (Å²) in [6.07, 6.45) is 0.532. The monoisotopic (exact) mass is 217 g/mol. The summed E-state index contributed by atoms with van der Waals surface area (Å²) in [5.41, 5.74) is 0.262. The molecule has 14 heavy (non-hydrogen) atoms. The Labute approximate surface area is 83.0 Å². The van der Waals surface area contributed by atoms with E-state index in [1.54, 1.807) is 6.92 Å². The molecule has 3 nitrogen and oxygen atoms in total. The summed E-state index contributed by atoms with van der Waals surface area (Å²) in [5.74, 6) is -0.412. The Balaban J connectivity index is 2.79. The molecule has 0 saturated heterocycles. The van der Waals surface area contributed by atoms with Crippen LogP contribution in [0.1, 0.15) is 13.3 Å². The van der Waals surface area contributed by atoms with Gasteiger partial charge in [0.2, 0.25) is 10.0 Å². The first-order valence-electron chi connectivity index (χ1n) is 4.29. The van der Waals surface area contributed by atoms with E-state index in [9.17, 15) is 12.8 Å². The van der Waals surface area contributed by atoms with E-state index in [2.05, 4.69) is 4.72 Å². The lowest BCUT2D eigenvalue weighted by atomic mass is 10.3. The van der Waals surface area contributed by atoms with E-state index in [0.717, 1.165) is 6.07 Å². The minimum atomic E-state index is -3.32. The number of hydrogen-bond donors (Lipinski definition) is 1. The van der Waals surface area contributed by atoms with Crippen LogP contribution in [0.25, 0.3) is 0 Å². The van der Waals surface area contributed by atoms with Crippen LogP contribution in [0.2, 0.25) is 0 Å². The standard InChI is InChI=1S/C9H12FNO2S/c1-2-6-14(12,13)11-9-5-3-4-8(10)7-9/h3-5,7,11H,2,6H2,1H3. The van der Waals surface area contributed by atoms with Gasteiger partial charge in [0.15, 0.2) is 0 Å². The van der Waals surface area contributed by atoms with Crippen molar-refractivity contribution >= 4 is 15.7 Å². The molecule has 0 aliphatic carbocycles. The molecule has 1 N–H and O–H groups in total. The molecule has 0 fully saturated rings. The minimum Gasteiger partial charge on any atom is -0.283 e. The quantitative estimate of drug-likeness (QED) is 0.838. The van der Waals surface area contributed by atoms with Gasteiger partial charge in [0.25, 0.3) is 0 Å². The summed E-state index contributed by atoms with van der Waals surface area (Å²) in [4.78, 5) is 0. The van der Waals surface area contributed by atoms with Crippen molar-refractivity contribution < 1.29 is 12.8 Å². The average Bonchev–Trinajstić information content (AvgIpc) is 2.02. The van der Waals surface area contributed by atoms with E-state index in [1.807, 2.05) is 0 Å². The number of benzene rings is 1. The van der Waals surface area contributed by atoms with Crippen LogP contribution in [-0.4, -0.2) is 14.2 Å². The number of sulfonamides is 1. The van der Waals surface area contributed by atoms with Crippen LogP contribution in [0.3, 0.4) is 0 Å². The summed E-state index contributed by atoms with van der Waals surface area (Å²) in [6, 6.07) is 5.38. The van der Waals surface area contributed by atoms with Crippen LogP contribution in [0, 0.1) is 5.82 Å². The van der Waals surface area contributed by atoms with E-state index >= 15 is 0 Å². The van der Waals surface area contributed by atoms with E-state index in [1.165, 1.54) is 18.2 Å². The molecule has 0 bridgehead atoms. The predicted octanol–water partition coefficient (Wildman–Crippen LogP) is 1.98. The predicted molar refractivity (Wildman–Crippen MR) is 54.1 cm³/mol. The second-order valence-corrected chi connectivity index (χ2v) is 4.77. The Kier molecular flexibility index (Phi) is 3.46. The maximum absolute atomic E-state index is 12.7. The van der Waals surface area contributed by atoms with Gasteiger partial charge in [-0.3, -0.25) is 4.72 Å². The number of hydrogen-bond acceptors (Lipinski definition) is 2. The van der Waals surface area contributed by atoms with Gasteiger partial charge in [0, 0.05) is 0 Å². The third-order valence-corrected chi connectivity index (χ3v) is 3.06. The largest absolute Gasteiger partial charge is 0.283 e. The van der Waals surface area contributed by atoms with Gasteiger partial charge < -0.3 is 0 Å². The normalized spacial score (nSPS) is 11.3. The molecule has 1 rings (SSSR count). The Morgan fingerprint density at radius 1 is 1.43 bits per heavy atom. The fraction of sp³-hybridized carbons (Fsp3) is 0.333. The van der Waals surface area contributed by atoms with Crippen LogP contribution >= 0.6 is 0 Å². The van der Waals surface area contributed by atoms with Crippen LogP contribution < -0.4 is 4.72 Å². The van der Waals surface area contributed by atoms with Crippen molar-refractivity contribution in [3.8, 4) is 0 Å². The first kappa shape index (κ1) is 11.0. The zero-order chi connectivity index (χ0) is 10.6. The first-order chi connectivity index (χ1) is 6.53. The van der Waals surface area contributed by atoms with Crippen LogP contribution in [-0.2, 0) is 10.0 Å². The van der Waals surface area contributed by atoms with Crippen LogP contribution in [0.5, 0.6) is 0 Å². The Bertz CT molecular complexity index is 403. The topological polar surface area (TPSA) is 46.2 Å². The molecule has 0 heterocycles. The highest BCUT2D eigenvalue weighted by molar-refractivity contribution is 7.92. The van der Waals surface area contributed by atoms with Crippen molar-refractivity contribution in [2.24, 2.45) is 0 Å². The summed E-state index contributed by atoms with van der Waals surface area (Å²) in [5, 5.41) is 0. The van der Waals surface area contributed by atoms with Gasteiger partial charge in [0.05, 0.1) is 11.4 Å². The first-order valence-corrected chi connectivity index (χ1v) is 5.95. The number of nitrogens with one attached hydrogen (secondary N) is 1. The third kappa shape index (κ3) is 3.33. The zero-order valence-corrected chi connectivity index (χ0v) is 8.64. The van der Waals surface area contributed by atoms with Gasteiger partial charge in [-0.1, -0.05) is 13.0 Å². The lowest BCUT2D eigenvalue weighted by Gasteiger charge is -2.06. The van der Waals surface area contributed by atoms with Crippen molar-refractivity contribution in [1.29, 1.82) is 0 Å². The fourth-order valence-electron chi connectivity index (χ4n) is 1.05. The molecular formula is C9H12FNO2S. The molecule has 0 atom stereocenters. The molecule has 0 aliphatic heterocycles. The summed E-state index contributed by atoms with van der Waals surface area (Å²) in [7, 11) is -3.32. The number of anilines is 1. The van der Waals surface area contributed by atoms with E-state index in [-0.39, 0.29) is 11.4 Å². The van der Waals surface area contributed by atoms with E-state index in [4.69, 9.17) is 0 Å². The molecule has 0 saturated carbocycles. The highest BCUT2D eigenvalue weighted by Crippen LogP contribution is 2.11. The molecule has 0 aliphatic rings. The molecule has 1 aromatic rings. The molecule has 78 valence electrons. The molecule has 0 amide bonds. The SMILES string of the molecule is CCCS(=O)(=O)Nc1cccc(F)c1. The molecule has 0 aromatic heterocycles. The second-order valence-electron chi connectivity index (χ2n) is 2.93. The van der Waals surface area contributed by atoms with E-state index < -0.39 is 15.8 Å². The maximum atomic E-state index is 12.7. The third-order valence-electron chi connectivity index (χ3n) is 1.57. The number of halogens is 1. The maximum Gasteiger partial charge on any atom is 0.232 e. The lowest BCUT2D eigenvalue weighted by Crippen LogP contribution is -2.16. The second kappa shape index (κ2) is 4.41. The molecular weight excluding hydrogens is 205 g/mol. The van der Waals surface area contributed by atoms with Crippen molar-refractivity contribution in [2.45, 2.75) is 13.3 Å². The van der Waals surface area contributed by atoms with Gasteiger partial charge in [-0.25, -0.2) is 12.8 Å². The van der Waals surface area contributed by atoms with Gasteiger partial charge in [-0.15, -0.1) is 0 Å². The molecule has 5 heteroatoms. The Morgan fingerprint density at radius 3 is 2.71 bits per heavy atom. The Morgan fingerprint density at radius 2 is 2.14 bits per heavy atom. The minimum absolute atomic E-state index is 0.0452. The van der Waals surface area contributed by atoms with Crippen LogP contribution in [0.15, 0.2) is 24.3 Å². The fourth-order valence-corrected chi connectivity index (χ4v) is 2.18. The van der Waals surface area contributed by atoms with Gasteiger partial charge >= 0.3 is 0 Å². The van der Waals surface area contributed by atoms with Crippen molar-refractivity contribution in [3.05, 3.63) is 30.1 Å². The molecule has 1 aromatic carbocycles. The zero-order valence-electron chi connectivity index (χ0n) is 7.83. The summed E-state index contributed by atoms with van der Waals surface area (Å²) < 4.78 is 37.5. The summed E-state index contributed by atoms with van der Waals surface area (Å²) >= 11 is 0. The summed E-state index contributed by atoms with van der Waals surface area (Å²) in [6.45, 7) is 1.77. The highest BCUT2D eigenvalue weighted by Gasteiger charge is 2.08. The van der Waals surface area contributed by atoms with Crippen molar-refractivity contribution in [2.75, 3.05) is 10.5 Å². The Hall–Kier alpha value is -1.10. The molecule has 0 radical (unpaired) electrons. The van der Waals surface area contributed by atoms with Crippen molar-refractivity contribution in [1.82, 2.24) is 0 Å². The molecule has 0 unspecified atom stereocenters.